The van der Waals surface area contributed by atoms with E-state index in [2.05, 4.69) is 0 Å². The Bertz CT molecular complexity index is 742. The highest BCUT2D eigenvalue weighted by Crippen LogP contribution is 2.48. The minimum absolute atomic E-state index is 0.240. The molecule has 0 fully saturated rings. The van der Waals surface area contributed by atoms with E-state index in [1.165, 1.54) is 19.1 Å². The maximum atomic E-state index is 12.8. The number of methoxy groups -OCH3 is 2. The van der Waals surface area contributed by atoms with Crippen molar-refractivity contribution in [2.75, 3.05) is 33.6 Å². The second-order valence-corrected chi connectivity index (χ2v) is 8.50. The van der Waals surface area contributed by atoms with Crippen LogP contribution in [0.4, 0.5) is 4.79 Å². The number of hydrogen-bond acceptors (Lipinski definition) is 7. The Morgan fingerprint density at radius 1 is 1.14 bits per heavy atom. The summed E-state index contributed by atoms with van der Waals surface area (Å²) in [7, 11) is -0.599. The van der Waals surface area contributed by atoms with Crippen molar-refractivity contribution in [2.24, 2.45) is 0 Å². The fourth-order valence-corrected chi connectivity index (χ4v) is 5.04. The van der Waals surface area contributed by atoms with E-state index in [4.69, 9.17) is 18.5 Å². The molecule has 1 aliphatic heterocycles. The molecule has 2 rings (SSSR count). The number of carbonyl (C=O) groups is 2. The van der Waals surface area contributed by atoms with Crippen LogP contribution in [0.2, 0.25) is 0 Å². The third-order valence-corrected chi connectivity index (χ3v) is 6.75. The molecule has 1 aliphatic rings. The molecule has 28 heavy (non-hydrogen) atoms. The van der Waals surface area contributed by atoms with Crippen LogP contribution in [0.3, 0.4) is 0 Å². The summed E-state index contributed by atoms with van der Waals surface area (Å²) in [6.07, 6.45) is 0.450. The average Bonchev–Trinajstić information content (AvgIpc) is 2.70. The van der Waals surface area contributed by atoms with Crippen LogP contribution >= 0.6 is 7.60 Å². The van der Waals surface area contributed by atoms with Gasteiger partial charge in [-0.05, 0) is 37.0 Å². The third-order valence-electron chi connectivity index (χ3n) is 4.67. The molecule has 0 N–H and O–H groups in total. The molecule has 0 aliphatic carbocycles. The summed E-state index contributed by atoms with van der Waals surface area (Å²) in [5, 5.41) is 0. The molecule has 0 saturated carbocycles. The number of carbonyl (C=O) groups excluding carboxylic acids is 2. The average molecular weight is 413 g/mol. The van der Waals surface area contributed by atoms with Crippen LogP contribution in [-0.4, -0.2) is 56.6 Å². The van der Waals surface area contributed by atoms with E-state index in [-0.39, 0.29) is 12.7 Å². The van der Waals surface area contributed by atoms with Gasteiger partial charge in [-0.15, -0.1) is 0 Å². The maximum absolute atomic E-state index is 12.8. The first-order valence-corrected chi connectivity index (χ1v) is 11.0. The van der Waals surface area contributed by atoms with Gasteiger partial charge in [-0.25, -0.2) is 9.59 Å². The zero-order chi connectivity index (χ0) is 20.7. The summed E-state index contributed by atoms with van der Waals surface area (Å²) in [4.78, 5) is 25.7. The molecule has 0 bridgehead atoms. The smallest absolute Gasteiger partial charge is 0.410 e. The summed E-state index contributed by atoms with van der Waals surface area (Å²) in [5.74, 6) is -0.500. The predicted molar refractivity (Wildman–Crippen MR) is 103 cm³/mol. The number of fused-ring (bicyclic) bond motifs is 1. The number of aryl methyl sites for hydroxylation is 1. The summed E-state index contributed by atoms with van der Waals surface area (Å²) in [6, 6.07) is 4.96. The van der Waals surface area contributed by atoms with Crippen LogP contribution in [0, 0.1) is 0 Å². The van der Waals surface area contributed by atoms with Crippen LogP contribution in [0.15, 0.2) is 18.2 Å². The van der Waals surface area contributed by atoms with Gasteiger partial charge in [0.05, 0.1) is 40.1 Å². The van der Waals surface area contributed by atoms with Crippen molar-refractivity contribution in [2.45, 2.75) is 39.3 Å². The minimum atomic E-state index is -3.17. The van der Waals surface area contributed by atoms with E-state index in [1.54, 1.807) is 13.8 Å². The lowest BCUT2D eigenvalue weighted by atomic mass is 9.89. The van der Waals surface area contributed by atoms with Gasteiger partial charge in [0.25, 0.3) is 0 Å². The highest BCUT2D eigenvalue weighted by Gasteiger charge is 2.37. The van der Waals surface area contributed by atoms with Crippen LogP contribution in [0.5, 0.6) is 0 Å². The topological polar surface area (TPSA) is 91.4 Å². The largest absolute Gasteiger partial charge is 0.467 e. The zero-order valence-electron chi connectivity index (χ0n) is 16.8. The molecule has 1 amide bonds. The summed E-state index contributed by atoms with van der Waals surface area (Å²) >= 11 is 0. The number of nitrogens with zero attached hydrogens (tertiary/aromatic N) is 1. The number of ether oxygens (including phenoxy) is 2. The number of esters is 1. The lowest BCUT2D eigenvalue weighted by molar-refractivity contribution is -0.146. The molecule has 1 aromatic carbocycles. The lowest BCUT2D eigenvalue weighted by Crippen LogP contribution is -2.49. The Labute approximate surface area is 165 Å². The molecule has 0 radical (unpaired) electrons. The first-order chi connectivity index (χ1) is 13.4. The molecule has 0 saturated heterocycles. The van der Waals surface area contributed by atoms with Crippen molar-refractivity contribution in [3.05, 3.63) is 34.9 Å². The fourth-order valence-electron chi connectivity index (χ4n) is 3.40. The van der Waals surface area contributed by atoms with Crippen molar-refractivity contribution in [1.29, 1.82) is 0 Å². The van der Waals surface area contributed by atoms with Gasteiger partial charge in [-0.2, -0.15) is 0 Å². The second-order valence-electron chi connectivity index (χ2n) is 6.32. The van der Waals surface area contributed by atoms with Crippen molar-refractivity contribution in [3.8, 4) is 0 Å². The molecule has 9 heteroatoms. The standard InChI is InChI=1S/C19H28NO7P/c1-5-26-28(23,27-6-2)11-10-14-8-7-9-15-13-20(19(22)25-4)17(12-16(14)15)18(21)24-3/h7-9,17H,5-6,10-13H2,1-4H3. The Balaban J connectivity index is 2.29. The van der Waals surface area contributed by atoms with E-state index in [9.17, 15) is 14.2 Å². The van der Waals surface area contributed by atoms with Gasteiger partial charge < -0.3 is 18.5 Å². The Morgan fingerprint density at radius 3 is 2.39 bits per heavy atom. The van der Waals surface area contributed by atoms with Crippen molar-refractivity contribution >= 4 is 19.7 Å². The predicted octanol–water partition coefficient (Wildman–Crippen LogP) is 3.16. The molecule has 0 aromatic heterocycles. The van der Waals surface area contributed by atoms with Crippen LogP contribution < -0.4 is 0 Å². The van der Waals surface area contributed by atoms with Gasteiger partial charge in [0.15, 0.2) is 0 Å². The van der Waals surface area contributed by atoms with Gasteiger partial charge in [0.2, 0.25) is 0 Å². The first kappa shape index (κ1) is 22.4. The van der Waals surface area contributed by atoms with Crippen molar-refractivity contribution in [3.63, 3.8) is 0 Å². The molecule has 1 atom stereocenters. The van der Waals surface area contributed by atoms with Crippen molar-refractivity contribution in [1.82, 2.24) is 4.90 Å². The van der Waals surface area contributed by atoms with Gasteiger partial charge >= 0.3 is 19.7 Å². The van der Waals surface area contributed by atoms with Crippen LogP contribution in [0.1, 0.15) is 30.5 Å². The molecule has 1 aromatic rings. The molecule has 1 heterocycles. The second kappa shape index (κ2) is 10.0. The van der Waals surface area contributed by atoms with Gasteiger partial charge in [0, 0.05) is 6.42 Å². The Hall–Kier alpha value is -1.89. The van der Waals surface area contributed by atoms with Gasteiger partial charge in [0.1, 0.15) is 6.04 Å². The number of rotatable bonds is 8. The van der Waals surface area contributed by atoms with E-state index in [0.717, 1.165) is 16.7 Å². The molecule has 8 nitrogen and oxygen atoms in total. The Kier molecular flexibility index (Phi) is 8.04. The minimum Gasteiger partial charge on any atom is -0.467 e. The SMILES string of the molecule is CCOP(=O)(CCc1cccc2c1CC(C(=O)OC)N(C(=O)OC)C2)OCC. The van der Waals surface area contributed by atoms with E-state index >= 15 is 0 Å². The first-order valence-electron chi connectivity index (χ1n) is 9.29. The molecule has 156 valence electrons. The quantitative estimate of drug-likeness (QED) is 0.477. The zero-order valence-corrected chi connectivity index (χ0v) is 17.7. The lowest BCUT2D eigenvalue weighted by Gasteiger charge is -2.35. The number of hydrogen-bond donors (Lipinski definition) is 0. The molecule has 0 spiro atoms. The summed E-state index contributed by atoms with van der Waals surface area (Å²) in [6.45, 7) is 4.41. The third kappa shape index (κ3) is 5.13. The summed E-state index contributed by atoms with van der Waals surface area (Å²) in [5.41, 5.74) is 2.83. The van der Waals surface area contributed by atoms with E-state index in [0.29, 0.717) is 26.1 Å². The summed E-state index contributed by atoms with van der Waals surface area (Å²) < 4.78 is 33.2. The van der Waals surface area contributed by atoms with Gasteiger partial charge in [-0.1, -0.05) is 18.2 Å². The highest BCUT2D eigenvalue weighted by molar-refractivity contribution is 7.53. The van der Waals surface area contributed by atoms with E-state index in [1.807, 2.05) is 18.2 Å². The van der Waals surface area contributed by atoms with E-state index < -0.39 is 25.7 Å². The van der Waals surface area contributed by atoms with Crippen LogP contribution in [0.25, 0.3) is 0 Å². The molecule has 1 unspecified atom stereocenters. The van der Waals surface area contributed by atoms with Gasteiger partial charge in [-0.3, -0.25) is 9.46 Å². The molecular formula is C19H28NO7P. The monoisotopic (exact) mass is 413 g/mol. The maximum Gasteiger partial charge on any atom is 0.410 e. The molecular weight excluding hydrogens is 385 g/mol. The Morgan fingerprint density at radius 2 is 1.82 bits per heavy atom. The number of benzene rings is 1. The number of amides is 1. The van der Waals surface area contributed by atoms with Crippen molar-refractivity contribution < 1.29 is 32.7 Å². The van der Waals surface area contributed by atoms with Crippen LogP contribution in [-0.2, 0) is 47.3 Å². The fraction of sp³-hybridized carbons (Fsp3) is 0.579. The highest BCUT2D eigenvalue weighted by atomic mass is 31.2. The normalized spacial score (nSPS) is 16.4.